The van der Waals surface area contributed by atoms with E-state index in [0.717, 1.165) is 13.1 Å². The molecule has 112 valence electrons. The first-order chi connectivity index (χ1) is 9.35. The van der Waals surface area contributed by atoms with Crippen molar-refractivity contribution >= 4 is 0 Å². The van der Waals surface area contributed by atoms with Crippen LogP contribution < -0.4 is 5.32 Å². The zero-order valence-corrected chi connectivity index (χ0v) is 13.8. The molecule has 0 spiro atoms. The van der Waals surface area contributed by atoms with Crippen LogP contribution in [-0.2, 0) is 6.54 Å². The molecule has 20 heavy (non-hydrogen) atoms. The second-order valence-electron chi connectivity index (χ2n) is 7.33. The summed E-state index contributed by atoms with van der Waals surface area (Å²) in [6.45, 7) is 14.6. The van der Waals surface area contributed by atoms with Gasteiger partial charge in [-0.1, -0.05) is 23.8 Å². The van der Waals surface area contributed by atoms with Gasteiger partial charge in [0.25, 0.3) is 0 Å². The summed E-state index contributed by atoms with van der Waals surface area (Å²) in [5, 5.41) is 3.66. The molecule has 1 aromatic rings. The average Bonchev–Trinajstić information content (AvgIpc) is 2.78. The summed E-state index contributed by atoms with van der Waals surface area (Å²) >= 11 is 0. The first-order valence-corrected chi connectivity index (χ1v) is 7.90. The summed E-state index contributed by atoms with van der Waals surface area (Å²) in [7, 11) is 0. The molecule has 0 radical (unpaired) electrons. The minimum absolute atomic E-state index is 0.216. The molecule has 2 nitrogen and oxygen atoms in total. The number of nitrogens with one attached hydrogen (secondary N) is 1. The summed E-state index contributed by atoms with van der Waals surface area (Å²) in [5.41, 5.74) is 4.50. The molecule has 1 atom stereocenters. The summed E-state index contributed by atoms with van der Waals surface area (Å²) in [5.74, 6) is 0. The van der Waals surface area contributed by atoms with Crippen LogP contribution in [0.2, 0.25) is 0 Å². The van der Waals surface area contributed by atoms with Crippen molar-refractivity contribution in [2.24, 2.45) is 0 Å². The number of hydrogen-bond donors (Lipinski definition) is 1. The largest absolute Gasteiger partial charge is 0.311 e. The van der Waals surface area contributed by atoms with Gasteiger partial charge in [-0.3, -0.25) is 4.90 Å². The highest BCUT2D eigenvalue weighted by Gasteiger charge is 2.25. The molecule has 1 aliphatic rings. The smallest absolute Gasteiger partial charge is 0.0239 e. The lowest BCUT2D eigenvalue weighted by atomic mass is 10.0. The SMILES string of the molecule is Cc1ccc(C)c(CN2CCCC2CNC(C)(C)C)c1. The summed E-state index contributed by atoms with van der Waals surface area (Å²) < 4.78 is 0. The third-order valence-electron chi connectivity index (χ3n) is 4.25. The molecule has 0 bridgehead atoms. The molecule has 1 fully saturated rings. The van der Waals surface area contributed by atoms with Gasteiger partial charge in [0.2, 0.25) is 0 Å². The minimum atomic E-state index is 0.216. The normalized spacial score (nSPS) is 20.6. The maximum absolute atomic E-state index is 3.66. The van der Waals surface area contributed by atoms with Gasteiger partial charge in [-0.05, 0) is 65.1 Å². The van der Waals surface area contributed by atoms with Crippen LogP contribution in [0.15, 0.2) is 18.2 Å². The lowest BCUT2D eigenvalue weighted by molar-refractivity contribution is 0.225. The summed E-state index contributed by atoms with van der Waals surface area (Å²) in [4.78, 5) is 2.65. The van der Waals surface area contributed by atoms with E-state index < -0.39 is 0 Å². The predicted octanol–water partition coefficient (Wildman–Crippen LogP) is 3.66. The average molecular weight is 274 g/mol. The molecule has 1 saturated heterocycles. The topological polar surface area (TPSA) is 15.3 Å². The van der Waals surface area contributed by atoms with Gasteiger partial charge in [-0.25, -0.2) is 0 Å². The van der Waals surface area contributed by atoms with E-state index >= 15 is 0 Å². The van der Waals surface area contributed by atoms with Crippen LogP contribution in [0.1, 0.15) is 50.3 Å². The van der Waals surface area contributed by atoms with Gasteiger partial charge in [0.15, 0.2) is 0 Å². The van der Waals surface area contributed by atoms with E-state index in [-0.39, 0.29) is 5.54 Å². The molecule has 1 N–H and O–H groups in total. The van der Waals surface area contributed by atoms with E-state index in [4.69, 9.17) is 0 Å². The highest BCUT2D eigenvalue weighted by Crippen LogP contribution is 2.22. The van der Waals surface area contributed by atoms with E-state index in [1.54, 1.807) is 0 Å². The molecule has 0 saturated carbocycles. The Bertz CT molecular complexity index is 445. The van der Waals surface area contributed by atoms with Crippen LogP contribution in [0.3, 0.4) is 0 Å². The maximum Gasteiger partial charge on any atom is 0.0239 e. The first kappa shape index (κ1) is 15.5. The lowest BCUT2D eigenvalue weighted by Gasteiger charge is -2.29. The highest BCUT2D eigenvalue weighted by molar-refractivity contribution is 5.30. The van der Waals surface area contributed by atoms with E-state index in [1.165, 1.54) is 36.1 Å². The van der Waals surface area contributed by atoms with Crippen LogP contribution >= 0.6 is 0 Å². The fourth-order valence-electron chi connectivity index (χ4n) is 2.95. The van der Waals surface area contributed by atoms with Crippen molar-refractivity contribution in [3.63, 3.8) is 0 Å². The van der Waals surface area contributed by atoms with Crippen LogP contribution in [0.4, 0.5) is 0 Å². The van der Waals surface area contributed by atoms with Crippen LogP contribution in [-0.4, -0.2) is 29.6 Å². The van der Waals surface area contributed by atoms with Crippen molar-refractivity contribution in [2.75, 3.05) is 13.1 Å². The number of hydrogen-bond acceptors (Lipinski definition) is 2. The quantitative estimate of drug-likeness (QED) is 0.901. The molecule has 2 rings (SSSR count). The van der Waals surface area contributed by atoms with Gasteiger partial charge in [0.1, 0.15) is 0 Å². The fraction of sp³-hybridized carbons (Fsp3) is 0.667. The Hall–Kier alpha value is -0.860. The lowest BCUT2D eigenvalue weighted by Crippen LogP contribution is -2.45. The Morgan fingerprint density at radius 2 is 2.00 bits per heavy atom. The van der Waals surface area contributed by atoms with Gasteiger partial charge in [-0.2, -0.15) is 0 Å². The summed E-state index contributed by atoms with van der Waals surface area (Å²) in [6.07, 6.45) is 2.66. The van der Waals surface area contributed by atoms with Crippen molar-refractivity contribution in [3.05, 3.63) is 34.9 Å². The van der Waals surface area contributed by atoms with Crippen LogP contribution in [0.5, 0.6) is 0 Å². The van der Waals surface area contributed by atoms with Crippen molar-refractivity contribution < 1.29 is 0 Å². The molecular weight excluding hydrogens is 244 g/mol. The van der Waals surface area contributed by atoms with Crippen molar-refractivity contribution in [3.8, 4) is 0 Å². The Morgan fingerprint density at radius 3 is 2.70 bits per heavy atom. The minimum Gasteiger partial charge on any atom is -0.311 e. The first-order valence-electron chi connectivity index (χ1n) is 7.90. The monoisotopic (exact) mass is 274 g/mol. The van der Waals surface area contributed by atoms with Crippen LogP contribution in [0.25, 0.3) is 0 Å². The molecule has 1 heterocycles. The van der Waals surface area contributed by atoms with E-state index in [1.807, 2.05) is 0 Å². The molecule has 0 aromatic heterocycles. The van der Waals surface area contributed by atoms with E-state index in [9.17, 15) is 0 Å². The van der Waals surface area contributed by atoms with Gasteiger partial charge in [0.05, 0.1) is 0 Å². The second kappa shape index (κ2) is 6.28. The van der Waals surface area contributed by atoms with Gasteiger partial charge in [-0.15, -0.1) is 0 Å². The second-order valence-corrected chi connectivity index (χ2v) is 7.33. The Kier molecular flexibility index (Phi) is 4.87. The molecule has 1 aromatic carbocycles. The van der Waals surface area contributed by atoms with Crippen molar-refractivity contribution in [1.29, 1.82) is 0 Å². The standard InChI is InChI=1S/C18H30N2/c1-14-8-9-15(2)16(11-14)13-20-10-6-7-17(20)12-19-18(3,4)5/h8-9,11,17,19H,6-7,10,12-13H2,1-5H3. The Labute approximate surface area is 124 Å². The highest BCUT2D eigenvalue weighted by atomic mass is 15.2. The maximum atomic E-state index is 3.66. The van der Waals surface area contributed by atoms with Gasteiger partial charge < -0.3 is 5.32 Å². The molecule has 2 heteroatoms. The number of rotatable bonds is 4. The predicted molar refractivity (Wildman–Crippen MR) is 87.1 cm³/mol. The number of likely N-dealkylation sites (tertiary alicyclic amines) is 1. The Morgan fingerprint density at radius 1 is 1.25 bits per heavy atom. The van der Waals surface area contributed by atoms with Crippen LogP contribution in [0, 0.1) is 13.8 Å². The number of benzene rings is 1. The Balaban J connectivity index is 1.99. The number of nitrogens with zero attached hydrogens (tertiary/aromatic N) is 1. The third-order valence-corrected chi connectivity index (χ3v) is 4.25. The zero-order chi connectivity index (χ0) is 14.8. The van der Waals surface area contributed by atoms with E-state index in [0.29, 0.717) is 6.04 Å². The fourth-order valence-corrected chi connectivity index (χ4v) is 2.95. The molecular formula is C18H30N2. The number of aryl methyl sites for hydroxylation is 2. The van der Waals surface area contributed by atoms with E-state index in [2.05, 4.69) is 63.0 Å². The molecule has 1 aliphatic heterocycles. The summed E-state index contributed by atoms with van der Waals surface area (Å²) in [6, 6.07) is 7.50. The molecule has 0 amide bonds. The third kappa shape index (κ3) is 4.32. The van der Waals surface area contributed by atoms with Crippen molar-refractivity contribution in [1.82, 2.24) is 10.2 Å². The zero-order valence-electron chi connectivity index (χ0n) is 13.8. The van der Waals surface area contributed by atoms with Gasteiger partial charge >= 0.3 is 0 Å². The van der Waals surface area contributed by atoms with Crippen molar-refractivity contribution in [2.45, 2.75) is 65.6 Å². The molecule has 1 unspecified atom stereocenters. The van der Waals surface area contributed by atoms with Gasteiger partial charge in [0, 0.05) is 24.7 Å². The molecule has 0 aliphatic carbocycles.